The van der Waals surface area contributed by atoms with Crippen molar-refractivity contribution in [3.05, 3.63) is 45.8 Å². The molecule has 0 radical (unpaired) electrons. The molecule has 0 bridgehead atoms. The van der Waals surface area contributed by atoms with E-state index in [1.165, 1.54) is 24.0 Å². The van der Waals surface area contributed by atoms with Crippen molar-refractivity contribution in [1.29, 1.82) is 0 Å². The van der Waals surface area contributed by atoms with Gasteiger partial charge in [-0.25, -0.2) is 4.79 Å². The highest BCUT2D eigenvalue weighted by Gasteiger charge is 2.28. The molecule has 1 unspecified atom stereocenters. The molecule has 29 heavy (non-hydrogen) atoms. The number of carbonyl (C=O) groups excluding carboxylic acids is 2. The largest absolute Gasteiger partial charge is 0.484 e. The number of esters is 1. The zero-order valence-corrected chi connectivity index (χ0v) is 18.6. The molecule has 0 saturated carbocycles. The van der Waals surface area contributed by atoms with Crippen molar-refractivity contribution in [2.45, 2.75) is 52.4 Å². The van der Waals surface area contributed by atoms with Crippen LogP contribution in [-0.4, -0.2) is 25.6 Å². The monoisotopic (exact) mass is 415 g/mol. The standard InChI is InChI=1S/C23H29NO4S/c1-14-6-11-17-18(12-14)29-21(20(17)22(26)27-5)24-19(25)13-28-16-9-7-15(8-10-16)23(2,3)4/h7-10,14H,6,11-13H2,1-5H3,(H,24,25). The summed E-state index contributed by atoms with van der Waals surface area (Å²) in [5.41, 5.74) is 2.79. The summed E-state index contributed by atoms with van der Waals surface area (Å²) in [6.07, 6.45) is 2.80. The molecular formula is C23H29NO4S. The first-order valence-corrected chi connectivity index (χ1v) is 10.8. The van der Waals surface area contributed by atoms with E-state index in [4.69, 9.17) is 9.47 Å². The van der Waals surface area contributed by atoms with E-state index in [2.05, 4.69) is 33.0 Å². The summed E-state index contributed by atoms with van der Waals surface area (Å²) in [7, 11) is 1.37. The molecule has 5 nitrogen and oxygen atoms in total. The third-order valence-electron chi connectivity index (χ3n) is 5.24. The number of benzene rings is 1. The van der Waals surface area contributed by atoms with Crippen molar-refractivity contribution >= 4 is 28.2 Å². The van der Waals surface area contributed by atoms with E-state index in [1.54, 1.807) is 0 Å². The minimum absolute atomic E-state index is 0.0654. The van der Waals surface area contributed by atoms with Gasteiger partial charge in [0.1, 0.15) is 10.8 Å². The van der Waals surface area contributed by atoms with Crippen LogP contribution >= 0.6 is 11.3 Å². The Bertz CT molecular complexity index is 893. The average Bonchev–Trinajstić information content (AvgIpc) is 3.02. The van der Waals surface area contributed by atoms with Crippen LogP contribution in [0, 0.1) is 5.92 Å². The first kappa shape index (κ1) is 21.4. The van der Waals surface area contributed by atoms with E-state index in [9.17, 15) is 9.59 Å². The molecule has 1 N–H and O–H groups in total. The van der Waals surface area contributed by atoms with Gasteiger partial charge >= 0.3 is 5.97 Å². The quantitative estimate of drug-likeness (QED) is 0.700. The molecule has 1 amide bonds. The lowest BCUT2D eigenvalue weighted by molar-refractivity contribution is -0.118. The second-order valence-electron chi connectivity index (χ2n) is 8.66. The number of rotatable bonds is 5. The van der Waals surface area contributed by atoms with Crippen molar-refractivity contribution < 1.29 is 19.1 Å². The Morgan fingerprint density at radius 2 is 1.90 bits per heavy atom. The molecule has 1 aliphatic carbocycles. The van der Waals surface area contributed by atoms with E-state index in [-0.39, 0.29) is 17.9 Å². The van der Waals surface area contributed by atoms with Crippen molar-refractivity contribution in [1.82, 2.24) is 0 Å². The maximum atomic E-state index is 12.5. The highest BCUT2D eigenvalue weighted by Crippen LogP contribution is 2.40. The van der Waals surface area contributed by atoms with E-state index in [0.717, 1.165) is 29.7 Å². The van der Waals surface area contributed by atoms with Gasteiger partial charge in [-0.15, -0.1) is 11.3 Å². The Balaban J connectivity index is 1.68. The molecule has 1 heterocycles. The van der Waals surface area contributed by atoms with E-state index >= 15 is 0 Å². The van der Waals surface area contributed by atoms with Gasteiger partial charge in [-0.1, -0.05) is 39.8 Å². The summed E-state index contributed by atoms with van der Waals surface area (Å²) >= 11 is 1.48. The first-order valence-electron chi connectivity index (χ1n) is 9.95. The Kier molecular flexibility index (Phi) is 6.32. The number of hydrogen-bond donors (Lipinski definition) is 1. The summed E-state index contributed by atoms with van der Waals surface area (Å²) < 4.78 is 10.6. The molecular weight excluding hydrogens is 386 g/mol. The van der Waals surface area contributed by atoms with Crippen LogP contribution in [0.3, 0.4) is 0 Å². The van der Waals surface area contributed by atoms with Gasteiger partial charge in [0.05, 0.1) is 12.7 Å². The van der Waals surface area contributed by atoms with Crippen molar-refractivity contribution in [2.75, 3.05) is 19.0 Å². The molecule has 0 aliphatic heterocycles. The summed E-state index contributed by atoms with van der Waals surface area (Å²) in [5, 5.41) is 3.42. The van der Waals surface area contributed by atoms with Gasteiger partial charge in [-0.3, -0.25) is 4.79 Å². The van der Waals surface area contributed by atoms with Gasteiger partial charge in [-0.2, -0.15) is 0 Å². The van der Waals surface area contributed by atoms with E-state index in [0.29, 0.717) is 22.2 Å². The third-order valence-corrected chi connectivity index (χ3v) is 6.41. The van der Waals surface area contributed by atoms with Crippen molar-refractivity contribution in [3.8, 4) is 5.75 Å². The van der Waals surface area contributed by atoms with Crippen LogP contribution in [-0.2, 0) is 27.8 Å². The minimum Gasteiger partial charge on any atom is -0.484 e. The van der Waals surface area contributed by atoms with E-state index in [1.807, 2.05) is 24.3 Å². The molecule has 1 aromatic carbocycles. The fourth-order valence-corrected chi connectivity index (χ4v) is 4.93. The smallest absolute Gasteiger partial charge is 0.341 e. The van der Waals surface area contributed by atoms with E-state index < -0.39 is 5.97 Å². The molecule has 0 spiro atoms. The van der Waals surface area contributed by atoms with Crippen LogP contribution in [0.2, 0.25) is 0 Å². The fraction of sp³-hybridized carbons (Fsp3) is 0.478. The molecule has 2 aromatic rings. The second-order valence-corrected chi connectivity index (χ2v) is 9.76. The number of methoxy groups -OCH3 is 1. The zero-order chi connectivity index (χ0) is 21.2. The molecule has 6 heteroatoms. The fourth-order valence-electron chi connectivity index (χ4n) is 3.52. The second kappa shape index (κ2) is 8.57. The maximum Gasteiger partial charge on any atom is 0.341 e. The maximum absolute atomic E-state index is 12.5. The molecule has 1 aliphatic rings. The van der Waals surface area contributed by atoms with Gasteiger partial charge < -0.3 is 14.8 Å². The topological polar surface area (TPSA) is 64.6 Å². The lowest BCUT2D eigenvalue weighted by Gasteiger charge is -2.19. The number of carbonyl (C=O) groups is 2. The Morgan fingerprint density at radius 1 is 1.21 bits per heavy atom. The number of nitrogens with one attached hydrogen (secondary N) is 1. The van der Waals surface area contributed by atoms with Crippen LogP contribution in [0.4, 0.5) is 5.00 Å². The lowest BCUT2D eigenvalue weighted by Crippen LogP contribution is -2.21. The highest BCUT2D eigenvalue weighted by molar-refractivity contribution is 7.17. The van der Waals surface area contributed by atoms with Gasteiger partial charge in [0.15, 0.2) is 6.61 Å². The van der Waals surface area contributed by atoms with Crippen LogP contribution < -0.4 is 10.1 Å². The Hall–Kier alpha value is -2.34. The number of amides is 1. The van der Waals surface area contributed by atoms with Crippen LogP contribution in [0.5, 0.6) is 5.75 Å². The molecule has 3 rings (SSSR count). The summed E-state index contributed by atoms with van der Waals surface area (Å²) in [6, 6.07) is 7.77. The Labute approximate surface area is 176 Å². The first-order chi connectivity index (χ1) is 13.7. The SMILES string of the molecule is COC(=O)c1c(NC(=O)COc2ccc(C(C)(C)C)cc2)sc2c1CCC(C)C2. The number of thiophene rings is 1. The molecule has 1 atom stereocenters. The molecule has 0 fully saturated rings. The van der Waals surface area contributed by atoms with Gasteiger partial charge in [-0.05, 0) is 53.9 Å². The Morgan fingerprint density at radius 3 is 2.52 bits per heavy atom. The third kappa shape index (κ3) is 4.99. The zero-order valence-electron chi connectivity index (χ0n) is 17.8. The van der Waals surface area contributed by atoms with Gasteiger partial charge in [0, 0.05) is 4.88 Å². The molecule has 156 valence electrons. The van der Waals surface area contributed by atoms with Crippen LogP contribution in [0.25, 0.3) is 0 Å². The lowest BCUT2D eigenvalue weighted by atomic mass is 9.87. The van der Waals surface area contributed by atoms with Crippen molar-refractivity contribution in [2.24, 2.45) is 5.92 Å². The number of anilines is 1. The van der Waals surface area contributed by atoms with Crippen LogP contribution in [0.15, 0.2) is 24.3 Å². The summed E-state index contributed by atoms with van der Waals surface area (Å²) in [6.45, 7) is 8.54. The minimum atomic E-state index is -0.397. The number of hydrogen-bond acceptors (Lipinski definition) is 5. The normalized spacial score (nSPS) is 16.1. The number of ether oxygens (including phenoxy) is 2. The average molecular weight is 416 g/mol. The summed E-state index contributed by atoms with van der Waals surface area (Å²) in [4.78, 5) is 26.0. The number of fused-ring (bicyclic) bond motifs is 1. The molecule has 0 saturated heterocycles. The van der Waals surface area contributed by atoms with Gasteiger partial charge in [0.2, 0.25) is 0 Å². The molecule has 1 aromatic heterocycles. The predicted octanol–water partition coefficient (Wildman–Crippen LogP) is 4.97. The highest BCUT2D eigenvalue weighted by atomic mass is 32.1. The van der Waals surface area contributed by atoms with Crippen LogP contribution in [0.1, 0.15) is 60.5 Å². The van der Waals surface area contributed by atoms with Gasteiger partial charge in [0.25, 0.3) is 5.91 Å². The summed E-state index contributed by atoms with van der Waals surface area (Å²) in [5.74, 6) is 0.531. The van der Waals surface area contributed by atoms with Crippen molar-refractivity contribution in [3.63, 3.8) is 0 Å². The predicted molar refractivity (Wildman–Crippen MR) is 116 cm³/mol.